The van der Waals surface area contributed by atoms with Gasteiger partial charge in [0.15, 0.2) is 0 Å². The molecule has 0 saturated carbocycles. The van der Waals surface area contributed by atoms with Crippen LogP contribution in [-0.2, 0) is 4.79 Å². The molecule has 1 aliphatic carbocycles. The third-order valence-corrected chi connectivity index (χ3v) is 3.63. The van der Waals surface area contributed by atoms with Gasteiger partial charge in [0.1, 0.15) is 0 Å². The van der Waals surface area contributed by atoms with E-state index in [1.54, 1.807) is 0 Å². The maximum absolute atomic E-state index is 10.2. The van der Waals surface area contributed by atoms with Gasteiger partial charge >= 0.3 is 51.4 Å². The SMILES string of the molecule is C1=CC([CH-]c2ccccc2)=CCC1.[CH-]=NC1=C([C-]=O)CCNC1.[K+]. The van der Waals surface area contributed by atoms with E-state index < -0.39 is 0 Å². The molecule has 0 bridgehead atoms. The van der Waals surface area contributed by atoms with Crippen molar-refractivity contribution in [2.75, 3.05) is 13.1 Å². The first kappa shape index (κ1) is 21.3. The van der Waals surface area contributed by atoms with E-state index in [9.17, 15) is 4.79 Å². The van der Waals surface area contributed by atoms with Crippen LogP contribution in [0.5, 0.6) is 0 Å². The summed E-state index contributed by atoms with van der Waals surface area (Å²) in [6, 6.07) is 10.4. The largest absolute Gasteiger partial charge is 1.00 e. The fourth-order valence-corrected chi connectivity index (χ4v) is 2.39. The fourth-order valence-electron chi connectivity index (χ4n) is 2.39. The van der Waals surface area contributed by atoms with Crippen LogP contribution in [0.4, 0.5) is 0 Å². The number of rotatable bonds is 4. The van der Waals surface area contributed by atoms with Crippen LogP contribution in [0, 0.1) is 6.42 Å². The molecule has 4 heteroatoms. The Morgan fingerprint density at radius 3 is 2.58 bits per heavy atom. The molecule has 0 amide bonds. The van der Waals surface area contributed by atoms with Crippen molar-refractivity contribution in [2.24, 2.45) is 4.99 Å². The first-order valence-electron chi connectivity index (χ1n) is 7.82. The number of benzene rings is 1. The second-order valence-corrected chi connectivity index (χ2v) is 5.32. The summed E-state index contributed by atoms with van der Waals surface area (Å²) >= 11 is 0. The summed E-state index contributed by atoms with van der Waals surface area (Å²) < 4.78 is 0. The molecule has 3 rings (SSSR count). The van der Waals surface area contributed by atoms with E-state index >= 15 is 0 Å². The van der Waals surface area contributed by atoms with Gasteiger partial charge in [-0.25, -0.2) is 0 Å². The Morgan fingerprint density at radius 1 is 1.21 bits per heavy atom. The molecule has 0 aromatic heterocycles. The van der Waals surface area contributed by atoms with Crippen LogP contribution in [0.2, 0.25) is 0 Å². The second kappa shape index (κ2) is 12.6. The smallest absolute Gasteiger partial charge is 0.464 e. The molecule has 120 valence electrons. The summed E-state index contributed by atoms with van der Waals surface area (Å²) in [5, 5.41) is 3.04. The average Bonchev–Trinajstić information content (AvgIpc) is 2.64. The standard InChI is InChI=1S/C13H13.C7H8N2O.K/c1-3-7-12(8-4-1)11-13-9-5-2-6-10-13;1-8-7-4-9-3-2-6(7)5-10;/h1,3-5,7-11H,2,6H2;1,9H,2-4H2;/q-1;-2;+1. The van der Waals surface area contributed by atoms with Crippen molar-refractivity contribution in [3.63, 3.8) is 0 Å². The summed E-state index contributed by atoms with van der Waals surface area (Å²) in [7, 11) is 0. The molecule has 0 fully saturated rings. The first-order chi connectivity index (χ1) is 11.3. The van der Waals surface area contributed by atoms with Gasteiger partial charge in [-0.3, -0.25) is 0 Å². The van der Waals surface area contributed by atoms with Gasteiger partial charge in [-0.1, -0.05) is 24.6 Å². The molecule has 24 heavy (non-hydrogen) atoms. The summed E-state index contributed by atoms with van der Waals surface area (Å²) in [4.78, 5) is 13.7. The number of hydrogen-bond acceptors (Lipinski definition) is 3. The summed E-state index contributed by atoms with van der Waals surface area (Å²) in [5.41, 5.74) is 3.83. The maximum Gasteiger partial charge on any atom is 1.00 e. The molecule has 0 radical (unpaired) electrons. The maximum atomic E-state index is 10.2. The molecule has 1 aromatic rings. The van der Waals surface area contributed by atoms with Crippen molar-refractivity contribution in [1.82, 2.24) is 5.32 Å². The molecular formula is C20H21KN2O-2. The Labute approximate surface area is 187 Å². The topological polar surface area (TPSA) is 41.5 Å². The van der Waals surface area contributed by atoms with Gasteiger partial charge in [-0.15, -0.1) is 53.6 Å². The Kier molecular flexibility index (Phi) is 11.2. The van der Waals surface area contributed by atoms with Gasteiger partial charge in [-0.05, 0) is 32.2 Å². The molecule has 0 spiro atoms. The van der Waals surface area contributed by atoms with Crippen LogP contribution in [-0.4, -0.2) is 26.1 Å². The van der Waals surface area contributed by atoms with E-state index in [4.69, 9.17) is 6.72 Å². The molecule has 0 unspecified atom stereocenters. The van der Waals surface area contributed by atoms with Crippen molar-refractivity contribution >= 4 is 13.0 Å². The molecule has 1 N–H and O–H groups in total. The van der Waals surface area contributed by atoms with Crippen LogP contribution >= 0.6 is 0 Å². The number of nitrogens with one attached hydrogen (secondary N) is 1. The van der Waals surface area contributed by atoms with E-state index in [-0.39, 0.29) is 51.4 Å². The fraction of sp³-hybridized carbons (Fsp3) is 0.250. The Bertz CT molecular complexity index is 598. The summed E-state index contributed by atoms with van der Waals surface area (Å²) in [5.74, 6) is 0. The minimum absolute atomic E-state index is 0. The zero-order valence-corrected chi connectivity index (χ0v) is 17.3. The van der Waals surface area contributed by atoms with E-state index in [0.29, 0.717) is 24.2 Å². The third-order valence-electron chi connectivity index (χ3n) is 3.63. The van der Waals surface area contributed by atoms with Gasteiger partial charge in [0.2, 0.25) is 0 Å². The Hall–Kier alpha value is -0.754. The molecule has 2 aliphatic rings. The van der Waals surface area contributed by atoms with Gasteiger partial charge in [0, 0.05) is 0 Å². The number of carbonyl (C=O) groups excluding carboxylic acids is 1. The number of hydrogen-bond donors (Lipinski definition) is 1. The van der Waals surface area contributed by atoms with Gasteiger partial charge in [0.05, 0.1) is 0 Å². The van der Waals surface area contributed by atoms with E-state index in [0.717, 1.165) is 6.54 Å². The Balaban J connectivity index is 0.000000238. The van der Waals surface area contributed by atoms with Crippen LogP contribution < -0.4 is 56.7 Å². The molecule has 1 heterocycles. The van der Waals surface area contributed by atoms with Gasteiger partial charge in [-0.2, -0.15) is 12.3 Å². The van der Waals surface area contributed by atoms with Crippen molar-refractivity contribution in [2.45, 2.75) is 19.3 Å². The molecule has 1 aliphatic heterocycles. The number of nitrogens with zero attached hydrogens (tertiary/aromatic N) is 1. The molecule has 3 nitrogen and oxygen atoms in total. The van der Waals surface area contributed by atoms with Crippen molar-refractivity contribution in [3.05, 3.63) is 77.4 Å². The molecule has 1 aromatic carbocycles. The summed E-state index contributed by atoms with van der Waals surface area (Å²) in [6.45, 7) is 6.41. The zero-order chi connectivity index (χ0) is 16.3. The average molecular weight is 344 g/mol. The van der Waals surface area contributed by atoms with E-state index in [2.05, 4.69) is 59.2 Å². The van der Waals surface area contributed by atoms with Crippen molar-refractivity contribution in [1.29, 1.82) is 0 Å². The minimum Gasteiger partial charge on any atom is -0.464 e. The molecular weight excluding hydrogens is 323 g/mol. The number of aliphatic imine (C=N–C) groups is 1. The van der Waals surface area contributed by atoms with Gasteiger partial charge < -0.3 is 15.1 Å². The van der Waals surface area contributed by atoms with Crippen LogP contribution in [0.15, 0.2) is 70.4 Å². The number of allylic oxidation sites excluding steroid dienone is 4. The van der Waals surface area contributed by atoms with Crippen molar-refractivity contribution in [3.8, 4) is 0 Å². The van der Waals surface area contributed by atoms with Crippen LogP contribution in [0.1, 0.15) is 24.8 Å². The Morgan fingerprint density at radius 2 is 2.00 bits per heavy atom. The monoisotopic (exact) mass is 344 g/mol. The van der Waals surface area contributed by atoms with E-state index in [1.165, 1.54) is 24.0 Å². The van der Waals surface area contributed by atoms with Crippen LogP contribution in [0.3, 0.4) is 0 Å². The van der Waals surface area contributed by atoms with Crippen molar-refractivity contribution < 1.29 is 56.2 Å². The normalized spacial score (nSPS) is 16.1. The third kappa shape index (κ3) is 7.43. The first-order valence-corrected chi connectivity index (χ1v) is 7.82. The minimum atomic E-state index is 0. The zero-order valence-electron chi connectivity index (χ0n) is 14.2. The van der Waals surface area contributed by atoms with Gasteiger partial charge in [0.25, 0.3) is 0 Å². The quantitative estimate of drug-likeness (QED) is 0.489. The van der Waals surface area contributed by atoms with Crippen LogP contribution in [0.25, 0.3) is 0 Å². The predicted octanol–water partition coefficient (Wildman–Crippen LogP) is 0.440. The second-order valence-electron chi connectivity index (χ2n) is 5.32. The van der Waals surface area contributed by atoms with E-state index in [1.807, 2.05) is 12.4 Å². The summed E-state index contributed by atoms with van der Waals surface area (Å²) in [6.07, 6.45) is 13.8. The molecule has 0 saturated heterocycles. The molecule has 0 atom stereocenters. The predicted molar refractivity (Wildman–Crippen MR) is 95.0 cm³/mol.